The van der Waals surface area contributed by atoms with Crippen molar-refractivity contribution in [3.05, 3.63) is 29.8 Å². The molecule has 20 heavy (non-hydrogen) atoms. The third kappa shape index (κ3) is 3.33. The van der Waals surface area contributed by atoms with E-state index in [0.717, 1.165) is 6.42 Å². The summed E-state index contributed by atoms with van der Waals surface area (Å²) in [4.78, 5) is 4.99. The van der Waals surface area contributed by atoms with Gasteiger partial charge in [0.05, 0.1) is 0 Å². The highest BCUT2D eigenvalue weighted by Gasteiger charge is 2.23. The number of hydrogen-bond donors (Lipinski definition) is 1. The van der Waals surface area contributed by atoms with Crippen LogP contribution in [0.4, 0.5) is 5.69 Å². The summed E-state index contributed by atoms with van der Waals surface area (Å²) >= 11 is 0. The zero-order valence-electron chi connectivity index (χ0n) is 13.2. The van der Waals surface area contributed by atoms with E-state index < -0.39 is 0 Å². The van der Waals surface area contributed by atoms with E-state index >= 15 is 0 Å². The van der Waals surface area contributed by atoms with Crippen LogP contribution in [0.15, 0.2) is 24.3 Å². The predicted octanol–water partition coefficient (Wildman–Crippen LogP) is 3.02. The number of nitrogens with two attached hydrogens (primary N) is 1. The van der Waals surface area contributed by atoms with E-state index in [-0.39, 0.29) is 6.04 Å². The molecule has 3 heteroatoms. The van der Waals surface area contributed by atoms with Gasteiger partial charge in [-0.15, -0.1) is 0 Å². The Labute approximate surface area is 123 Å². The first-order chi connectivity index (χ1) is 9.67. The van der Waals surface area contributed by atoms with Crippen LogP contribution in [0.3, 0.4) is 0 Å². The van der Waals surface area contributed by atoms with E-state index in [1.807, 2.05) is 0 Å². The minimum absolute atomic E-state index is 0.143. The molecular formula is C17H29N3. The van der Waals surface area contributed by atoms with Gasteiger partial charge in [-0.2, -0.15) is 0 Å². The molecule has 2 N–H and O–H groups in total. The Morgan fingerprint density at radius 2 is 1.90 bits per heavy atom. The molecule has 1 heterocycles. The number of nitrogens with zero attached hydrogens (tertiary/aromatic N) is 2. The Bertz CT molecular complexity index is 410. The van der Waals surface area contributed by atoms with Crippen molar-refractivity contribution < 1.29 is 0 Å². The number of benzene rings is 1. The van der Waals surface area contributed by atoms with E-state index in [9.17, 15) is 0 Å². The van der Waals surface area contributed by atoms with Crippen LogP contribution in [0.1, 0.15) is 44.7 Å². The van der Waals surface area contributed by atoms with Crippen molar-refractivity contribution >= 4 is 5.69 Å². The van der Waals surface area contributed by atoms with Crippen LogP contribution in [0.2, 0.25) is 0 Å². The molecule has 1 aliphatic rings. The summed E-state index contributed by atoms with van der Waals surface area (Å²) in [6, 6.07) is 9.41. The van der Waals surface area contributed by atoms with Crippen molar-refractivity contribution in [2.45, 2.75) is 45.2 Å². The van der Waals surface area contributed by atoms with Crippen LogP contribution in [0, 0.1) is 0 Å². The number of anilines is 1. The average molecular weight is 275 g/mol. The van der Waals surface area contributed by atoms with Crippen LogP contribution in [0.25, 0.3) is 0 Å². The fraction of sp³-hybridized carbons (Fsp3) is 0.647. The predicted molar refractivity (Wildman–Crippen MR) is 87.2 cm³/mol. The smallest absolute Gasteiger partial charge is 0.0414 e. The summed E-state index contributed by atoms with van der Waals surface area (Å²) in [7, 11) is 2.23. The van der Waals surface area contributed by atoms with Gasteiger partial charge in [-0.3, -0.25) is 0 Å². The molecule has 0 spiro atoms. The van der Waals surface area contributed by atoms with E-state index in [1.54, 1.807) is 0 Å². The van der Waals surface area contributed by atoms with E-state index in [0.29, 0.717) is 6.04 Å². The molecular weight excluding hydrogens is 246 g/mol. The molecule has 112 valence electrons. The van der Waals surface area contributed by atoms with Gasteiger partial charge >= 0.3 is 0 Å². The lowest BCUT2D eigenvalue weighted by atomic mass is 9.98. The molecule has 0 radical (unpaired) electrons. The van der Waals surface area contributed by atoms with Gasteiger partial charge in [-0.25, -0.2) is 0 Å². The lowest BCUT2D eigenvalue weighted by Crippen LogP contribution is -2.43. The van der Waals surface area contributed by atoms with Gasteiger partial charge in [0.15, 0.2) is 0 Å². The topological polar surface area (TPSA) is 32.5 Å². The first kappa shape index (κ1) is 15.3. The second-order valence-electron chi connectivity index (χ2n) is 5.85. The van der Waals surface area contributed by atoms with Crippen LogP contribution in [-0.4, -0.2) is 37.6 Å². The molecule has 1 atom stereocenters. The molecule has 0 aromatic heterocycles. The standard InChI is InChI=1S/C17H29N3/c1-4-16(18)15-8-6-7-9-17(15)19(3)14-10-12-20(5-2)13-11-14/h6-9,14,16H,4-5,10-13,18H2,1-3H3/t16-/m1/s1. The maximum atomic E-state index is 6.27. The fourth-order valence-electron chi connectivity index (χ4n) is 3.16. The van der Waals surface area contributed by atoms with Crippen LogP contribution < -0.4 is 10.6 Å². The van der Waals surface area contributed by atoms with Crippen LogP contribution >= 0.6 is 0 Å². The first-order valence-electron chi connectivity index (χ1n) is 7.97. The second kappa shape index (κ2) is 7.09. The van der Waals surface area contributed by atoms with E-state index in [2.05, 4.69) is 55.0 Å². The molecule has 0 aliphatic carbocycles. The Morgan fingerprint density at radius 3 is 2.50 bits per heavy atom. The Balaban J connectivity index is 2.11. The monoisotopic (exact) mass is 275 g/mol. The summed E-state index contributed by atoms with van der Waals surface area (Å²) in [5.41, 5.74) is 8.88. The summed E-state index contributed by atoms with van der Waals surface area (Å²) in [6.07, 6.45) is 3.49. The average Bonchev–Trinajstić information content (AvgIpc) is 2.53. The molecule has 2 rings (SSSR count). The van der Waals surface area contributed by atoms with Gasteiger partial charge in [0.25, 0.3) is 0 Å². The SMILES string of the molecule is CC[C@@H](N)c1ccccc1N(C)C1CCN(CC)CC1. The molecule has 0 bridgehead atoms. The van der Waals surface area contributed by atoms with Gasteiger partial charge in [0.2, 0.25) is 0 Å². The lowest BCUT2D eigenvalue weighted by Gasteiger charge is -2.38. The third-order valence-electron chi connectivity index (χ3n) is 4.71. The van der Waals surface area contributed by atoms with Gasteiger partial charge in [0.1, 0.15) is 0 Å². The molecule has 1 fully saturated rings. The highest BCUT2D eigenvalue weighted by Crippen LogP contribution is 2.29. The third-order valence-corrected chi connectivity index (χ3v) is 4.71. The molecule has 1 aromatic carbocycles. The van der Waals surface area contributed by atoms with Crippen molar-refractivity contribution in [1.82, 2.24) is 4.90 Å². The second-order valence-corrected chi connectivity index (χ2v) is 5.85. The van der Waals surface area contributed by atoms with Gasteiger partial charge in [0, 0.05) is 37.9 Å². The van der Waals surface area contributed by atoms with Gasteiger partial charge in [-0.05, 0) is 37.4 Å². The number of hydrogen-bond acceptors (Lipinski definition) is 3. The molecule has 1 aromatic rings. The lowest BCUT2D eigenvalue weighted by molar-refractivity contribution is 0.220. The normalized spacial score (nSPS) is 19.0. The van der Waals surface area contributed by atoms with Crippen LogP contribution in [0.5, 0.6) is 0 Å². The molecule has 0 saturated carbocycles. The Morgan fingerprint density at radius 1 is 1.25 bits per heavy atom. The highest BCUT2D eigenvalue weighted by molar-refractivity contribution is 5.55. The van der Waals surface area contributed by atoms with Crippen molar-refractivity contribution in [3.63, 3.8) is 0 Å². The maximum Gasteiger partial charge on any atom is 0.0414 e. The molecule has 0 amide bonds. The maximum absolute atomic E-state index is 6.27. The largest absolute Gasteiger partial charge is 0.371 e. The van der Waals surface area contributed by atoms with E-state index in [1.165, 1.54) is 43.7 Å². The van der Waals surface area contributed by atoms with Gasteiger partial charge in [-0.1, -0.05) is 32.0 Å². The number of likely N-dealkylation sites (tertiary alicyclic amines) is 1. The minimum Gasteiger partial charge on any atom is -0.371 e. The van der Waals surface area contributed by atoms with Crippen molar-refractivity contribution in [1.29, 1.82) is 0 Å². The van der Waals surface area contributed by atoms with Crippen LogP contribution in [-0.2, 0) is 0 Å². The number of piperidine rings is 1. The molecule has 1 aliphatic heterocycles. The summed E-state index contributed by atoms with van der Waals surface area (Å²) in [6.45, 7) is 8.01. The number of para-hydroxylation sites is 1. The highest BCUT2D eigenvalue weighted by atomic mass is 15.2. The summed E-state index contributed by atoms with van der Waals surface area (Å²) in [5.74, 6) is 0. The summed E-state index contributed by atoms with van der Waals surface area (Å²) < 4.78 is 0. The molecule has 1 saturated heterocycles. The minimum atomic E-state index is 0.143. The molecule has 0 unspecified atom stereocenters. The fourth-order valence-corrected chi connectivity index (χ4v) is 3.16. The van der Waals surface area contributed by atoms with Gasteiger partial charge < -0.3 is 15.5 Å². The Kier molecular flexibility index (Phi) is 5.44. The summed E-state index contributed by atoms with van der Waals surface area (Å²) in [5, 5.41) is 0. The zero-order valence-corrected chi connectivity index (χ0v) is 13.2. The number of rotatable bonds is 5. The molecule has 3 nitrogen and oxygen atoms in total. The first-order valence-corrected chi connectivity index (χ1v) is 7.97. The van der Waals surface area contributed by atoms with Crippen molar-refractivity contribution in [3.8, 4) is 0 Å². The quantitative estimate of drug-likeness (QED) is 0.896. The Hall–Kier alpha value is -1.06. The van der Waals surface area contributed by atoms with Crippen molar-refractivity contribution in [2.75, 3.05) is 31.6 Å². The van der Waals surface area contributed by atoms with E-state index in [4.69, 9.17) is 5.73 Å². The van der Waals surface area contributed by atoms with Crippen molar-refractivity contribution in [2.24, 2.45) is 5.73 Å². The zero-order chi connectivity index (χ0) is 14.5.